The summed E-state index contributed by atoms with van der Waals surface area (Å²) in [6.07, 6.45) is 6.27. The molecule has 0 saturated carbocycles. The highest BCUT2D eigenvalue weighted by Gasteiger charge is 2.23. The van der Waals surface area contributed by atoms with E-state index in [0.717, 1.165) is 37.4 Å². The van der Waals surface area contributed by atoms with Crippen molar-refractivity contribution in [3.63, 3.8) is 0 Å². The van der Waals surface area contributed by atoms with Gasteiger partial charge >= 0.3 is 0 Å². The summed E-state index contributed by atoms with van der Waals surface area (Å²) < 4.78 is 1.90. The van der Waals surface area contributed by atoms with Crippen molar-refractivity contribution in [2.24, 2.45) is 13.0 Å². The number of nitro benzene ring substituents is 1. The number of piperidine rings is 1. The zero-order chi connectivity index (χ0) is 19.4. The third-order valence-corrected chi connectivity index (χ3v) is 5.12. The minimum Gasteiger partial charge on any atom is -0.371 e. The van der Waals surface area contributed by atoms with E-state index in [1.165, 1.54) is 12.1 Å². The zero-order valence-corrected chi connectivity index (χ0v) is 15.7. The molecular weight excluding hydrogens is 346 g/mol. The van der Waals surface area contributed by atoms with Gasteiger partial charge in [-0.1, -0.05) is 6.92 Å². The molecule has 8 nitrogen and oxygen atoms in total. The highest BCUT2D eigenvalue weighted by Crippen LogP contribution is 2.29. The van der Waals surface area contributed by atoms with E-state index < -0.39 is 4.92 Å². The first-order valence-corrected chi connectivity index (χ1v) is 9.23. The lowest BCUT2D eigenvalue weighted by atomic mass is 9.98. The van der Waals surface area contributed by atoms with Crippen LogP contribution in [0.15, 0.2) is 30.6 Å². The van der Waals surface area contributed by atoms with Gasteiger partial charge in [-0.25, -0.2) is 4.98 Å². The van der Waals surface area contributed by atoms with Crippen LogP contribution in [-0.4, -0.2) is 40.0 Å². The van der Waals surface area contributed by atoms with Crippen molar-refractivity contribution in [3.8, 4) is 0 Å². The van der Waals surface area contributed by atoms with Crippen LogP contribution in [-0.2, 0) is 13.5 Å². The predicted molar refractivity (Wildman–Crippen MR) is 103 cm³/mol. The average Bonchev–Trinajstić information content (AvgIpc) is 3.06. The number of anilines is 1. The maximum atomic E-state index is 12.8. The fraction of sp³-hybridized carbons (Fsp3) is 0.474. The van der Waals surface area contributed by atoms with Gasteiger partial charge in [0.05, 0.1) is 16.2 Å². The number of nitrogens with one attached hydrogen (secondary N) is 1. The second-order valence-electron chi connectivity index (χ2n) is 7.09. The summed E-state index contributed by atoms with van der Waals surface area (Å²) in [6.45, 7) is 4.35. The summed E-state index contributed by atoms with van der Waals surface area (Å²) in [7, 11) is 1.90. The summed E-state index contributed by atoms with van der Waals surface area (Å²) in [6, 6.07) is 4.54. The SMILES string of the molecule is CC1CCN(c2ccc([N+](=O)[O-])cc2C(=O)NCCc2nccn2C)CC1. The molecule has 2 aromatic rings. The van der Waals surface area contributed by atoms with Gasteiger partial charge in [-0.05, 0) is 24.8 Å². The van der Waals surface area contributed by atoms with Gasteiger partial charge in [0, 0.05) is 57.6 Å². The molecule has 144 valence electrons. The summed E-state index contributed by atoms with van der Waals surface area (Å²) in [5, 5.41) is 14.0. The Balaban J connectivity index is 1.76. The predicted octanol–water partition coefficient (Wildman–Crippen LogP) is 2.54. The molecule has 1 fully saturated rings. The lowest BCUT2D eigenvalue weighted by Gasteiger charge is -2.33. The normalized spacial score (nSPS) is 15.0. The molecule has 2 heterocycles. The first-order valence-electron chi connectivity index (χ1n) is 9.23. The third kappa shape index (κ3) is 4.45. The monoisotopic (exact) mass is 371 g/mol. The molecule has 1 aliphatic heterocycles. The summed E-state index contributed by atoms with van der Waals surface area (Å²) in [4.78, 5) is 29.9. The number of nitrogens with zero attached hydrogens (tertiary/aromatic N) is 4. The Morgan fingerprint density at radius 3 is 2.74 bits per heavy atom. The van der Waals surface area contributed by atoms with Gasteiger partial charge in [-0.2, -0.15) is 0 Å². The van der Waals surface area contributed by atoms with Crippen LogP contribution >= 0.6 is 0 Å². The van der Waals surface area contributed by atoms with Crippen molar-refractivity contribution >= 4 is 17.3 Å². The molecule has 0 bridgehead atoms. The molecule has 1 saturated heterocycles. The maximum Gasteiger partial charge on any atom is 0.270 e. The molecule has 0 unspecified atom stereocenters. The number of non-ortho nitro benzene ring substituents is 1. The number of amides is 1. The van der Waals surface area contributed by atoms with Crippen molar-refractivity contribution in [1.82, 2.24) is 14.9 Å². The number of hydrogen-bond acceptors (Lipinski definition) is 5. The number of aryl methyl sites for hydroxylation is 1. The molecule has 0 radical (unpaired) electrons. The fourth-order valence-corrected chi connectivity index (χ4v) is 3.37. The number of aromatic nitrogens is 2. The van der Waals surface area contributed by atoms with E-state index in [1.807, 2.05) is 17.8 Å². The van der Waals surface area contributed by atoms with Crippen molar-refractivity contribution in [1.29, 1.82) is 0 Å². The number of carbonyl (C=O) groups excluding carboxylic acids is 1. The minimum absolute atomic E-state index is 0.0709. The van der Waals surface area contributed by atoms with Gasteiger partial charge < -0.3 is 14.8 Å². The van der Waals surface area contributed by atoms with Crippen molar-refractivity contribution in [3.05, 3.63) is 52.1 Å². The van der Waals surface area contributed by atoms with Crippen LogP contribution in [0.5, 0.6) is 0 Å². The number of imidazole rings is 1. The maximum absolute atomic E-state index is 12.8. The first kappa shape index (κ1) is 18.9. The molecule has 1 aromatic carbocycles. The lowest BCUT2D eigenvalue weighted by Crippen LogP contribution is -2.35. The van der Waals surface area contributed by atoms with E-state index >= 15 is 0 Å². The smallest absolute Gasteiger partial charge is 0.270 e. The molecule has 8 heteroatoms. The Labute approximate surface area is 158 Å². The third-order valence-electron chi connectivity index (χ3n) is 5.12. The topological polar surface area (TPSA) is 93.3 Å². The van der Waals surface area contributed by atoms with E-state index in [0.29, 0.717) is 24.4 Å². The Hall–Kier alpha value is -2.90. The summed E-state index contributed by atoms with van der Waals surface area (Å²) in [5.41, 5.74) is 1.05. The van der Waals surface area contributed by atoms with Crippen LogP contribution in [0, 0.1) is 16.0 Å². The number of rotatable bonds is 6. The second-order valence-corrected chi connectivity index (χ2v) is 7.09. The number of hydrogen-bond donors (Lipinski definition) is 1. The van der Waals surface area contributed by atoms with E-state index in [9.17, 15) is 14.9 Å². The van der Waals surface area contributed by atoms with Crippen molar-refractivity contribution < 1.29 is 9.72 Å². The van der Waals surface area contributed by atoms with Crippen LogP contribution < -0.4 is 10.2 Å². The lowest BCUT2D eigenvalue weighted by molar-refractivity contribution is -0.384. The summed E-state index contributed by atoms with van der Waals surface area (Å²) in [5.74, 6) is 1.25. The molecule has 0 atom stereocenters. The Kier molecular flexibility index (Phi) is 5.73. The molecule has 3 rings (SSSR count). The molecule has 1 N–H and O–H groups in total. The Bertz CT molecular complexity index is 825. The summed E-state index contributed by atoms with van der Waals surface area (Å²) >= 11 is 0. The largest absolute Gasteiger partial charge is 0.371 e. The molecule has 0 spiro atoms. The van der Waals surface area contributed by atoms with E-state index in [-0.39, 0.29) is 11.6 Å². The van der Waals surface area contributed by atoms with Gasteiger partial charge in [-0.15, -0.1) is 0 Å². The molecule has 27 heavy (non-hydrogen) atoms. The van der Waals surface area contributed by atoms with Gasteiger partial charge in [0.15, 0.2) is 0 Å². The van der Waals surface area contributed by atoms with Gasteiger partial charge in [0.25, 0.3) is 11.6 Å². The molecule has 1 aromatic heterocycles. The molecule has 1 amide bonds. The molecule has 1 aliphatic rings. The Morgan fingerprint density at radius 2 is 2.11 bits per heavy atom. The first-order chi connectivity index (χ1) is 13.0. The minimum atomic E-state index is -0.466. The number of carbonyl (C=O) groups is 1. The van der Waals surface area contributed by atoms with Crippen molar-refractivity contribution in [2.75, 3.05) is 24.5 Å². The highest BCUT2D eigenvalue weighted by atomic mass is 16.6. The highest BCUT2D eigenvalue weighted by molar-refractivity contribution is 6.00. The van der Waals surface area contributed by atoms with Gasteiger partial charge in [0.2, 0.25) is 0 Å². The van der Waals surface area contributed by atoms with Crippen LogP contribution in [0.4, 0.5) is 11.4 Å². The zero-order valence-electron chi connectivity index (χ0n) is 15.7. The quantitative estimate of drug-likeness (QED) is 0.622. The van der Waals surface area contributed by atoms with Crippen LogP contribution in [0.25, 0.3) is 0 Å². The standard InChI is InChI=1S/C19H25N5O3/c1-14-6-10-23(11-7-14)17-4-3-15(24(26)27)13-16(17)19(25)21-8-5-18-20-9-12-22(18)2/h3-4,9,12-14H,5-8,10-11H2,1-2H3,(H,21,25). The van der Waals surface area contributed by atoms with E-state index in [1.54, 1.807) is 12.3 Å². The number of nitro groups is 1. The average molecular weight is 371 g/mol. The van der Waals surface area contributed by atoms with Crippen LogP contribution in [0.1, 0.15) is 35.9 Å². The van der Waals surface area contributed by atoms with Crippen molar-refractivity contribution in [2.45, 2.75) is 26.2 Å². The van der Waals surface area contributed by atoms with Gasteiger partial charge in [-0.3, -0.25) is 14.9 Å². The Morgan fingerprint density at radius 1 is 1.37 bits per heavy atom. The molecular formula is C19H25N5O3. The van der Waals surface area contributed by atoms with E-state index in [2.05, 4.69) is 22.1 Å². The molecule has 0 aliphatic carbocycles. The van der Waals surface area contributed by atoms with Crippen LogP contribution in [0.3, 0.4) is 0 Å². The second kappa shape index (κ2) is 8.20. The van der Waals surface area contributed by atoms with E-state index in [4.69, 9.17) is 0 Å². The number of benzene rings is 1. The fourth-order valence-electron chi connectivity index (χ4n) is 3.37. The van der Waals surface area contributed by atoms with Crippen LogP contribution in [0.2, 0.25) is 0 Å². The van der Waals surface area contributed by atoms with Gasteiger partial charge in [0.1, 0.15) is 5.82 Å².